The quantitative estimate of drug-likeness (QED) is 0.822. The molecule has 0 saturated heterocycles. The molecule has 3 heteroatoms. The number of thiophene rings is 1. The highest BCUT2D eigenvalue weighted by molar-refractivity contribution is 8.01. The van der Waals surface area contributed by atoms with Crippen LogP contribution in [0.5, 0.6) is 0 Å². The van der Waals surface area contributed by atoms with Gasteiger partial charge >= 0.3 is 0 Å². The second kappa shape index (κ2) is 5.92. The first-order valence-electron chi connectivity index (χ1n) is 7.20. The molecular weight excluding hydrogens is 282 g/mol. The number of nitrogens with one attached hydrogen (secondary N) is 1. The molecule has 0 saturated carbocycles. The van der Waals surface area contributed by atoms with Gasteiger partial charge in [0.2, 0.25) is 0 Å². The summed E-state index contributed by atoms with van der Waals surface area (Å²) in [5, 5.41) is 6.76. The van der Waals surface area contributed by atoms with E-state index in [1.54, 1.807) is 0 Å². The van der Waals surface area contributed by atoms with Crippen LogP contribution in [0.4, 0.5) is 0 Å². The first-order valence-corrected chi connectivity index (χ1v) is 8.96. The first-order chi connectivity index (χ1) is 9.65. The highest BCUT2D eigenvalue weighted by Gasteiger charge is 2.27. The molecule has 0 spiro atoms. The highest BCUT2D eigenvalue weighted by Crippen LogP contribution is 2.44. The van der Waals surface area contributed by atoms with Gasteiger partial charge in [0.1, 0.15) is 0 Å². The second-order valence-electron chi connectivity index (χ2n) is 5.63. The number of fused-ring (bicyclic) bond motifs is 1. The van der Waals surface area contributed by atoms with E-state index < -0.39 is 0 Å². The van der Waals surface area contributed by atoms with Gasteiger partial charge in [0.25, 0.3) is 0 Å². The molecule has 0 aliphatic carbocycles. The van der Waals surface area contributed by atoms with Gasteiger partial charge in [-0.1, -0.05) is 31.2 Å². The Labute approximate surface area is 129 Å². The van der Waals surface area contributed by atoms with Gasteiger partial charge in [0, 0.05) is 17.3 Å². The van der Waals surface area contributed by atoms with E-state index in [0.717, 1.165) is 0 Å². The van der Waals surface area contributed by atoms with Crippen molar-refractivity contribution in [3.8, 4) is 0 Å². The fraction of sp³-hybridized carbons (Fsp3) is 0.412. The van der Waals surface area contributed by atoms with Crippen molar-refractivity contribution in [3.63, 3.8) is 0 Å². The third-order valence-corrected chi connectivity index (χ3v) is 6.36. The lowest BCUT2D eigenvalue weighted by atomic mass is 9.99. The Morgan fingerprint density at radius 2 is 2.05 bits per heavy atom. The fourth-order valence-electron chi connectivity index (χ4n) is 2.97. The van der Waals surface area contributed by atoms with Crippen LogP contribution in [0.2, 0.25) is 0 Å². The van der Waals surface area contributed by atoms with Crippen molar-refractivity contribution >= 4 is 23.1 Å². The van der Waals surface area contributed by atoms with Crippen molar-refractivity contribution in [3.05, 3.63) is 52.4 Å². The van der Waals surface area contributed by atoms with E-state index in [9.17, 15) is 0 Å². The molecule has 3 atom stereocenters. The van der Waals surface area contributed by atoms with Crippen LogP contribution in [0.1, 0.15) is 49.0 Å². The van der Waals surface area contributed by atoms with Gasteiger partial charge in [-0.25, -0.2) is 0 Å². The summed E-state index contributed by atoms with van der Waals surface area (Å²) in [6.45, 7) is 6.81. The minimum Gasteiger partial charge on any atom is -0.303 e. The summed E-state index contributed by atoms with van der Waals surface area (Å²) in [4.78, 5) is 0. The number of hydrogen-bond acceptors (Lipinski definition) is 3. The molecule has 1 aromatic carbocycles. The molecule has 106 valence electrons. The predicted octanol–water partition coefficient (Wildman–Crippen LogP) is 5.33. The Bertz CT molecular complexity index is 590. The molecule has 0 amide bonds. The summed E-state index contributed by atoms with van der Waals surface area (Å²) >= 11 is 3.91. The van der Waals surface area contributed by atoms with Gasteiger partial charge in [-0.2, -0.15) is 0 Å². The maximum absolute atomic E-state index is 3.84. The molecule has 0 bridgehead atoms. The number of thioether (sulfide) groups is 1. The first kappa shape index (κ1) is 14.2. The van der Waals surface area contributed by atoms with Gasteiger partial charge < -0.3 is 5.32 Å². The molecule has 20 heavy (non-hydrogen) atoms. The smallest absolute Gasteiger partial charge is 0.0649 e. The molecule has 0 radical (unpaired) electrons. The van der Waals surface area contributed by atoms with E-state index in [-0.39, 0.29) is 0 Å². The summed E-state index contributed by atoms with van der Waals surface area (Å²) in [6, 6.07) is 11.9. The molecule has 0 fully saturated rings. The van der Waals surface area contributed by atoms with Crippen molar-refractivity contribution in [2.24, 2.45) is 0 Å². The van der Waals surface area contributed by atoms with Crippen LogP contribution in [0.3, 0.4) is 0 Å². The maximum Gasteiger partial charge on any atom is 0.0649 e. The van der Waals surface area contributed by atoms with Crippen LogP contribution in [0.25, 0.3) is 0 Å². The van der Waals surface area contributed by atoms with Crippen molar-refractivity contribution in [2.45, 2.75) is 48.7 Å². The standard InChI is InChI=1S/C17H21NS2/c1-11-6-4-5-7-14(11)13(3)18-16-10-12(2)20-17-15(16)8-9-19-17/h4-9,12-13,16,18H,10H2,1-3H3/t12-,13+,16?/m0/s1. The summed E-state index contributed by atoms with van der Waals surface area (Å²) in [5.41, 5.74) is 4.28. The van der Waals surface area contributed by atoms with Crippen LogP contribution in [-0.4, -0.2) is 5.25 Å². The van der Waals surface area contributed by atoms with Crippen LogP contribution < -0.4 is 5.32 Å². The Hall–Kier alpha value is -0.770. The van der Waals surface area contributed by atoms with E-state index in [4.69, 9.17) is 0 Å². The largest absolute Gasteiger partial charge is 0.303 e. The minimum atomic E-state index is 0.393. The second-order valence-corrected chi connectivity index (χ2v) is 8.25. The lowest BCUT2D eigenvalue weighted by molar-refractivity contribution is 0.434. The number of benzene rings is 1. The SMILES string of the molecule is Cc1ccccc1[C@@H](C)NC1C[C@H](C)Sc2sccc21. The van der Waals surface area contributed by atoms with E-state index in [2.05, 4.69) is 61.8 Å². The third-order valence-electron chi connectivity index (χ3n) is 4.02. The van der Waals surface area contributed by atoms with Crippen molar-refractivity contribution in [1.82, 2.24) is 5.32 Å². The average Bonchev–Trinajstić information content (AvgIpc) is 2.87. The van der Waals surface area contributed by atoms with Crippen LogP contribution >= 0.6 is 23.1 Å². The van der Waals surface area contributed by atoms with Gasteiger partial charge in [-0.15, -0.1) is 23.1 Å². The summed E-state index contributed by atoms with van der Waals surface area (Å²) < 4.78 is 1.50. The average molecular weight is 303 g/mol. The zero-order chi connectivity index (χ0) is 14.1. The molecule has 1 aliphatic rings. The van der Waals surface area contributed by atoms with Gasteiger partial charge in [0.15, 0.2) is 0 Å². The molecular formula is C17H21NS2. The molecule has 2 aromatic rings. The van der Waals surface area contributed by atoms with E-state index in [1.807, 2.05) is 23.1 Å². The highest BCUT2D eigenvalue weighted by atomic mass is 32.2. The molecule has 2 heterocycles. The molecule has 1 nitrogen and oxygen atoms in total. The van der Waals surface area contributed by atoms with Crippen LogP contribution in [0, 0.1) is 6.92 Å². The number of aryl methyl sites for hydroxylation is 1. The molecule has 1 aliphatic heterocycles. The minimum absolute atomic E-state index is 0.393. The van der Waals surface area contributed by atoms with Crippen molar-refractivity contribution in [1.29, 1.82) is 0 Å². The zero-order valence-corrected chi connectivity index (χ0v) is 13.9. The maximum atomic E-state index is 3.84. The van der Waals surface area contributed by atoms with Gasteiger partial charge in [-0.05, 0) is 48.4 Å². The van der Waals surface area contributed by atoms with E-state index in [0.29, 0.717) is 17.3 Å². The Balaban J connectivity index is 1.80. The molecule has 1 N–H and O–H groups in total. The zero-order valence-electron chi connectivity index (χ0n) is 12.2. The normalized spacial score (nSPS) is 23.4. The van der Waals surface area contributed by atoms with E-state index >= 15 is 0 Å². The third kappa shape index (κ3) is 2.80. The van der Waals surface area contributed by atoms with Gasteiger partial charge in [-0.3, -0.25) is 0 Å². The van der Waals surface area contributed by atoms with Crippen LogP contribution in [0.15, 0.2) is 39.9 Å². The van der Waals surface area contributed by atoms with Crippen molar-refractivity contribution < 1.29 is 0 Å². The summed E-state index contributed by atoms with van der Waals surface area (Å²) in [5.74, 6) is 0. The lowest BCUT2D eigenvalue weighted by Crippen LogP contribution is -2.29. The number of hydrogen-bond donors (Lipinski definition) is 1. The fourth-order valence-corrected chi connectivity index (χ4v) is 5.54. The number of rotatable bonds is 3. The summed E-state index contributed by atoms with van der Waals surface area (Å²) in [7, 11) is 0. The molecule has 1 unspecified atom stereocenters. The predicted molar refractivity (Wildman–Crippen MR) is 89.7 cm³/mol. The van der Waals surface area contributed by atoms with Gasteiger partial charge in [0.05, 0.1) is 4.21 Å². The Morgan fingerprint density at radius 3 is 2.85 bits per heavy atom. The summed E-state index contributed by atoms with van der Waals surface area (Å²) in [6.07, 6.45) is 1.21. The van der Waals surface area contributed by atoms with Crippen LogP contribution in [-0.2, 0) is 0 Å². The lowest BCUT2D eigenvalue weighted by Gasteiger charge is -2.30. The Kier molecular flexibility index (Phi) is 4.20. The Morgan fingerprint density at radius 1 is 1.25 bits per heavy atom. The molecule has 1 aromatic heterocycles. The van der Waals surface area contributed by atoms with E-state index in [1.165, 1.54) is 27.3 Å². The topological polar surface area (TPSA) is 12.0 Å². The monoisotopic (exact) mass is 303 g/mol. The van der Waals surface area contributed by atoms with Crippen molar-refractivity contribution in [2.75, 3.05) is 0 Å². The molecule has 3 rings (SSSR count).